The van der Waals surface area contributed by atoms with Crippen molar-refractivity contribution in [3.63, 3.8) is 0 Å². The van der Waals surface area contributed by atoms with Gasteiger partial charge in [0.25, 0.3) is 5.56 Å². The third-order valence-corrected chi connectivity index (χ3v) is 5.38. The minimum absolute atomic E-state index is 0.0902. The monoisotopic (exact) mass is 408 g/mol. The van der Waals surface area contributed by atoms with Crippen molar-refractivity contribution in [1.82, 2.24) is 29.1 Å². The Bertz CT molecular complexity index is 1190. The highest BCUT2D eigenvalue weighted by Crippen LogP contribution is 2.25. The summed E-state index contributed by atoms with van der Waals surface area (Å²) in [6.45, 7) is 3.11. The molecule has 0 fully saturated rings. The van der Waals surface area contributed by atoms with Gasteiger partial charge >= 0.3 is 0 Å². The fourth-order valence-electron chi connectivity index (χ4n) is 2.96. The molecule has 0 unspecified atom stereocenters. The van der Waals surface area contributed by atoms with Crippen molar-refractivity contribution in [3.8, 4) is 11.4 Å². The third kappa shape index (κ3) is 4.20. The van der Waals surface area contributed by atoms with Gasteiger partial charge in [0.1, 0.15) is 5.65 Å². The average molecular weight is 408 g/mol. The summed E-state index contributed by atoms with van der Waals surface area (Å²) < 4.78 is 8.82. The molecule has 0 N–H and O–H groups in total. The summed E-state index contributed by atoms with van der Waals surface area (Å²) in [6.07, 6.45) is 5.25. The maximum absolute atomic E-state index is 12.4. The minimum Gasteiger partial charge on any atom is -0.383 e. The predicted molar refractivity (Wildman–Crippen MR) is 111 cm³/mol. The molecule has 0 saturated heterocycles. The van der Waals surface area contributed by atoms with Crippen molar-refractivity contribution in [3.05, 3.63) is 70.5 Å². The molecule has 0 amide bonds. The number of ether oxygens (including phenoxy) is 1. The molecular weight excluding hydrogens is 388 g/mol. The first-order valence-corrected chi connectivity index (χ1v) is 10.1. The molecule has 9 heteroatoms. The molecule has 0 bridgehead atoms. The summed E-state index contributed by atoms with van der Waals surface area (Å²) in [7, 11) is 1.66. The Morgan fingerprint density at radius 2 is 1.97 bits per heavy atom. The van der Waals surface area contributed by atoms with Gasteiger partial charge in [-0.15, -0.1) is 10.2 Å². The molecule has 0 saturated carbocycles. The van der Waals surface area contributed by atoms with E-state index in [1.54, 1.807) is 36.2 Å². The fraction of sp³-hybridized carbons (Fsp3) is 0.250. The molecule has 0 aliphatic heterocycles. The highest BCUT2D eigenvalue weighted by Gasteiger charge is 2.15. The number of pyridine rings is 2. The Balaban J connectivity index is 1.61. The SMILES string of the molecule is COCCn1c(SCc2cc(=O)n3cc(C)ccc3n2)nnc1-c1ccncc1. The quantitative estimate of drug-likeness (QED) is 0.434. The standard InChI is InChI=1S/C20H20N6O2S/c1-14-3-4-17-22-16(11-18(27)26(17)12-14)13-29-20-24-23-19(25(20)9-10-28-2)15-5-7-21-8-6-15/h3-8,11-12H,9-10,13H2,1-2H3. The highest BCUT2D eigenvalue weighted by molar-refractivity contribution is 7.98. The van der Waals surface area contributed by atoms with Gasteiger partial charge in [-0.3, -0.25) is 18.7 Å². The first kappa shape index (κ1) is 19.3. The van der Waals surface area contributed by atoms with Gasteiger partial charge in [-0.1, -0.05) is 17.8 Å². The molecule has 4 heterocycles. The number of nitrogens with zero attached hydrogens (tertiary/aromatic N) is 6. The van der Waals surface area contributed by atoms with Gasteiger partial charge in [0.2, 0.25) is 0 Å². The van der Waals surface area contributed by atoms with Crippen LogP contribution in [0.5, 0.6) is 0 Å². The smallest absolute Gasteiger partial charge is 0.258 e. The summed E-state index contributed by atoms with van der Waals surface area (Å²) in [5.41, 5.74) is 3.20. The molecule has 0 radical (unpaired) electrons. The zero-order valence-electron chi connectivity index (χ0n) is 16.1. The Kier molecular flexibility index (Phi) is 5.68. The van der Waals surface area contributed by atoms with Crippen LogP contribution < -0.4 is 5.56 Å². The van der Waals surface area contributed by atoms with Crippen LogP contribution in [0.3, 0.4) is 0 Å². The van der Waals surface area contributed by atoms with Crippen molar-refractivity contribution < 1.29 is 4.74 Å². The van der Waals surface area contributed by atoms with Gasteiger partial charge in [0, 0.05) is 43.1 Å². The minimum atomic E-state index is -0.0902. The Labute approximate surface area is 171 Å². The molecule has 0 aliphatic carbocycles. The number of aryl methyl sites for hydroxylation is 1. The van der Waals surface area contributed by atoms with Crippen LogP contribution in [0.1, 0.15) is 11.3 Å². The van der Waals surface area contributed by atoms with Crippen LogP contribution in [0.25, 0.3) is 17.0 Å². The van der Waals surface area contributed by atoms with Crippen LogP contribution in [0.4, 0.5) is 0 Å². The van der Waals surface area contributed by atoms with Gasteiger partial charge < -0.3 is 4.74 Å². The van der Waals surface area contributed by atoms with E-state index in [1.807, 2.05) is 35.8 Å². The van der Waals surface area contributed by atoms with Crippen LogP contribution in [-0.4, -0.2) is 42.8 Å². The van der Waals surface area contributed by atoms with Crippen molar-refractivity contribution >= 4 is 17.4 Å². The molecule has 0 atom stereocenters. The van der Waals surface area contributed by atoms with E-state index in [4.69, 9.17) is 4.74 Å². The van der Waals surface area contributed by atoms with Crippen LogP contribution >= 0.6 is 11.8 Å². The zero-order valence-corrected chi connectivity index (χ0v) is 17.0. The maximum atomic E-state index is 12.4. The van der Waals surface area contributed by atoms with Crippen molar-refractivity contribution in [2.24, 2.45) is 0 Å². The number of aromatic nitrogens is 6. The first-order chi connectivity index (χ1) is 14.2. The number of methoxy groups -OCH3 is 1. The number of hydrogen-bond acceptors (Lipinski definition) is 7. The average Bonchev–Trinajstić information content (AvgIpc) is 3.14. The van der Waals surface area contributed by atoms with E-state index in [1.165, 1.54) is 11.8 Å². The molecule has 0 spiro atoms. The summed E-state index contributed by atoms with van der Waals surface area (Å²) in [6, 6.07) is 9.17. The lowest BCUT2D eigenvalue weighted by Gasteiger charge is -2.10. The van der Waals surface area contributed by atoms with Crippen LogP contribution in [0.2, 0.25) is 0 Å². The van der Waals surface area contributed by atoms with Gasteiger partial charge in [-0.2, -0.15) is 0 Å². The summed E-state index contributed by atoms with van der Waals surface area (Å²) in [5, 5.41) is 9.45. The van der Waals surface area contributed by atoms with Gasteiger partial charge in [0.05, 0.1) is 18.8 Å². The lowest BCUT2D eigenvalue weighted by atomic mass is 10.2. The normalized spacial score (nSPS) is 11.2. The van der Waals surface area contributed by atoms with Crippen molar-refractivity contribution in [1.29, 1.82) is 0 Å². The summed E-state index contributed by atoms with van der Waals surface area (Å²) >= 11 is 1.49. The number of hydrogen-bond donors (Lipinski definition) is 0. The Morgan fingerprint density at radius 3 is 2.76 bits per heavy atom. The lowest BCUT2D eigenvalue weighted by Crippen LogP contribution is -2.15. The van der Waals surface area contributed by atoms with E-state index < -0.39 is 0 Å². The van der Waals surface area contributed by atoms with Gasteiger partial charge in [0.15, 0.2) is 11.0 Å². The number of thioether (sulfide) groups is 1. The Hall–Kier alpha value is -3.04. The molecule has 8 nitrogen and oxygen atoms in total. The predicted octanol–water partition coefficient (Wildman–Crippen LogP) is 2.60. The second-order valence-electron chi connectivity index (χ2n) is 6.50. The van der Waals surface area contributed by atoms with E-state index in [0.717, 1.165) is 22.1 Å². The Morgan fingerprint density at radius 1 is 1.14 bits per heavy atom. The zero-order chi connectivity index (χ0) is 20.2. The molecule has 29 heavy (non-hydrogen) atoms. The molecular formula is C20H20N6O2S. The lowest BCUT2D eigenvalue weighted by molar-refractivity contribution is 0.185. The highest BCUT2D eigenvalue weighted by atomic mass is 32.2. The van der Waals surface area contributed by atoms with E-state index in [-0.39, 0.29) is 5.56 Å². The first-order valence-electron chi connectivity index (χ1n) is 9.10. The van der Waals surface area contributed by atoms with Crippen molar-refractivity contribution in [2.75, 3.05) is 13.7 Å². The molecule has 4 aromatic heterocycles. The maximum Gasteiger partial charge on any atom is 0.258 e. The van der Waals surface area contributed by atoms with Gasteiger partial charge in [-0.05, 0) is 30.7 Å². The van der Waals surface area contributed by atoms with Crippen molar-refractivity contribution in [2.45, 2.75) is 24.4 Å². The van der Waals surface area contributed by atoms with E-state index in [0.29, 0.717) is 30.2 Å². The molecule has 0 aliphatic rings. The fourth-order valence-corrected chi connectivity index (χ4v) is 3.82. The molecule has 4 rings (SSSR count). The third-order valence-electron chi connectivity index (χ3n) is 4.38. The summed E-state index contributed by atoms with van der Waals surface area (Å²) in [4.78, 5) is 21.1. The van der Waals surface area contributed by atoms with E-state index >= 15 is 0 Å². The van der Waals surface area contributed by atoms with Gasteiger partial charge in [-0.25, -0.2) is 4.98 Å². The number of fused-ring (bicyclic) bond motifs is 1. The topological polar surface area (TPSA) is 87.2 Å². The second-order valence-corrected chi connectivity index (χ2v) is 7.44. The van der Waals surface area contributed by atoms with Crippen LogP contribution in [-0.2, 0) is 17.0 Å². The van der Waals surface area contributed by atoms with Crippen LogP contribution in [0.15, 0.2) is 58.9 Å². The largest absolute Gasteiger partial charge is 0.383 e. The van der Waals surface area contributed by atoms with E-state index in [9.17, 15) is 4.79 Å². The molecule has 4 aromatic rings. The van der Waals surface area contributed by atoms with E-state index in [2.05, 4.69) is 20.2 Å². The summed E-state index contributed by atoms with van der Waals surface area (Å²) in [5.74, 6) is 1.27. The molecule has 148 valence electrons. The number of rotatable bonds is 7. The van der Waals surface area contributed by atoms with Crippen LogP contribution in [0, 0.1) is 6.92 Å². The second kappa shape index (κ2) is 8.54. The molecule has 0 aromatic carbocycles.